The summed E-state index contributed by atoms with van der Waals surface area (Å²) >= 11 is 0. The quantitative estimate of drug-likeness (QED) is 0.688. The fraction of sp³-hybridized carbons (Fsp3) is 0.529. The minimum atomic E-state index is -0.645. The Morgan fingerprint density at radius 3 is 2.88 bits per heavy atom. The largest absolute Gasteiger partial charge is 0.376 e. The average Bonchev–Trinajstić information content (AvgIpc) is 3.17. The van der Waals surface area contributed by atoms with Crippen LogP contribution in [0.1, 0.15) is 32.6 Å². The molecule has 24 heavy (non-hydrogen) atoms. The van der Waals surface area contributed by atoms with Crippen molar-refractivity contribution >= 4 is 17.2 Å². The summed E-state index contributed by atoms with van der Waals surface area (Å²) in [5, 5.41) is 14.6. The van der Waals surface area contributed by atoms with Gasteiger partial charge < -0.3 is 5.32 Å². The van der Waals surface area contributed by atoms with Gasteiger partial charge in [-0.05, 0) is 56.1 Å². The minimum Gasteiger partial charge on any atom is -0.361 e. The maximum Gasteiger partial charge on any atom is 0.376 e. The predicted molar refractivity (Wildman–Crippen MR) is 90.1 cm³/mol. The van der Waals surface area contributed by atoms with Gasteiger partial charge in [0.05, 0.1) is 4.92 Å². The highest BCUT2D eigenvalue weighted by molar-refractivity contribution is 5.60. The van der Waals surface area contributed by atoms with Crippen molar-refractivity contribution in [3.63, 3.8) is 0 Å². The van der Waals surface area contributed by atoms with E-state index in [-0.39, 0.29) is 11.9 Å². The second-order valence-corrected chi connectivity index (χ2v) is 7.07. The predicted octanol–water partition coefficient (Wildman–Crippen LogP) is 2.84. The highest BCUT2D eigenvalue weighted by Gasteiger charge is 2.42. The molecule has 4 rings (SSSR count). The SMILES string of the molecule is CC(Nc1nc2ccccn2c(=O)c1[N+](=O)[O-])C1CC2CCC1C2. The molecule has 2 aliphatic carbocycles. The zero-order valence-electron chi connectivity index (χ0n) is 13.5. The lowest BCUT2D eigenvalue weighted by atomic mass is 9.84. The summed E-state index contributed by atoms with van der Waals surface area (Å²) in [5.41, 5.74) is -0.710. The van der Waals surface area contributed by atoms with Gasteiger partial charge >= 0.3 is 11.2 Å². The zero-order valence-corrected chi connectivity index (χ0v) is 13.5. The molecule has 4 atom stereocenters. The topological polar surface area (TPSA) is 89.5 Å². The Morgan fingerprint density at radius 1 is 1.38 bits per heavy atom. The van der Waals surface area contributed by atoms with Crippen LogP contribution in [-0.2, 0) is 0 Å². The summed E-state index contributed by atoms with van der Waals surface area (Å²) in [6.07, 6.45) is 6.49. The highest BCUT2D eigenvalue weighted by Crippen LogP contribution is 2.49. The number of nitrogens with one attached hydrogen (secondary N) is 1. The van der Waals surface area contributed by atoms with Gasteiger partial charge in [-0.2, -0.15) is 0 Å². The van der Waals surface area contributed by atoms with Gasteiger partial charge in [0.25, 0.3) is 0 Å². The number of nitrogens with zero attached hydrogens (tertiary/aromatic N) is 3. The summed E-state index contributed by atoms with van der Waals surface area (Å²) in [6, 6.07) is 5.16. The third kappa shape index (κ3) is 2.35. The summed E-state index contributed by atoms with van der Waals surface area (Å²) in [6.45, 7) is 2.05. The molecule has 7 nitrogen and oxygen atoms in total. The third-order valence-electron chi connectivity index (χ3n) is 5.69. The minimum absolute atomic E-state index is 0.0667. The van der Waals surface area contributed by atoms with Gasteiger partial charge in [0.1, 0.15) is 5.65 Å². The second-order valence-electron chi connectivity index (χ2n) is 7.07. The molecule has 2 fully saturated rings. The first kappa shape index (κ1) is 15.1. The van der Waals surface area contributed by atoms with Crippen molar-refractivity contribution in [1.29, 1.82) is 0 Å². The first-order valence-corrected chi connectivity index (χ1v) is 8.47. The van der Waals surface area contributed by atoms with Crippen LogP contribution in [0, 0.1) is 27.9 Å². The Kier molecular flexibility index (Phi) is 3.51. The number of rotatable bonds is 4. The van der Waals surface area contributed by atoms with E-state index in [0.717, 1.165) is 5.92 Å². The van der Waals surface area contributed by atoms with E-state index in [4.69, 9.17) is 0 Å². The standard InChI is InChI=1S/C17H20N4O3/c1-10(13-9-11-5-6-12(13)8-11)18-16-15(21(23)24)17(22)20-7-3-2-4-14(20)19-16/h2-4,7,10-13,18H,5-6,8-9H2,1H3. The molecule has 2 heterocycles. The van der Waals surface area contributed by atoms with Crippen molar-refractivity contribution in [3.8, 4) is 0 Å². The molecule has 0 spiro atoms. The van der Waals surface area contributed by atoms with E-state index >= 15 is 0 Å². The van der Waals surface area contributed by atoms with Crippen LogP contribution in [0.5, 0.6) is 0 Å². The molecule has 0 radical (unpaired) electrons. The van der Waals surface area contributed by atoms with Crippen molar-refractivity contribution in [1.82, 2.24) is 9.38 Å². The molecule has 0 aliphatic heterocycles. The molecular formula is C17H20N4O3. The van der Waals surface area contributed by atoms with Crippen molar-refractivity contribution in [2.45, 2.75) is 38.6 Å². The van der Waals surface area contributed by atoms with E-state index in [1.54, 1.807) is 18.2 Å². The first-order chi connectivity index (χ1) is 11.5. The Hall–Kier alpha value is -2.44. The van der Waals surface area contributed by atoms with Crippen LogP contribution in [0.3, 0.4) is 0 Å². The summed E-state index contributed by atoms with van der Waals surface area (Å²) in [5.74, 6) is 2.08. The van der Waals surface area contributed by atoms with E-state index in [1.165, 1.54) is 36.3 Å². The third-order valence-corrected chi connectivity index (χ3v) is 5.69. The molecular weight excluding hydrogens is 308 g/mol. The van der Waals surface area contributed by atoms with Gasteiger partial charge in [-0.25, -0.2) is 4.98 Å². The van der Waals surface area contributed by atoms with E-state index < -0.39 is 16.2 Å². The second kappa shape index (κ2) is 5.58. The fourth-order valence-corrected chi connectivity index (χ4v) is 4.57. The van der Waals surface area contributed by atoms with Crippen LogP contribution in [-0.4, -0.2) is 20.3 Å². The Bertz CT molecular complexity index is 863. The molecule has 0 aromatic carbocycles. The molecule has 2 aromatic heterocycles. The monoisotopic (exact) mass is 328 g/mol. The molecule has 7 heteroatoms. The van der Waals surface area contributed by atoms with Gasteiger partial charge in [0.15, 0.2) is 0 Å². The lowest BCUT2D eigenvalue weighted by molar-refractivity contribution is -0.385. The molecule has 2 saturated carbocycles. The van der Waals surface area contributed by atoms with Crippen molar-refractivity contribution in [2.75, 3.05) is 5.32 Å². The van der Waals surface area contributed by atoms with Crippen molar-refractivity contribution in [2.24, 2.45) is 17.8 Å². The number of fused-ring (bicyclic) bond motifs is 3. The van der Waals surface area contributed by atoms with Crippen LogP contribution in [0.4, 0.5) is 11.5 Å². The Labute approximate surface area is 138 Å². The highest BCUT2D eigenvalue weighted by atomic mass is 16.6. The Balaban J connectivity index is 1.71. The van der Waals surface area contributed by atoms with Crippen molar-refractivity contribution < 1.29 is 4.92 Å². The summed E-state index contributed by atoms with van der Waals surface area (Å²) in [4.78, 5) is 27.6. The molecule has 2 aromatic rings. The van der Waals surface area contributed by atoms with E-state index in [0.29, 0.717) is 17.5 Å². The smallest absolute Gasteiger partial charge is 0.361 e. The normalized spacial score (nSPS) is 26.6. The number of hydrogen-bond acceptors (Lipinski definition) is 5. The van der Waals surface area contributed by atoms with Gasteiger partial charge in [-0.3, -0.25) is 19.3 Å². The molecule has 4 unspecified atom stereocenters. The first-order valence-electron chi connectivity index (χ1n) is 8.47. The van der Waals surface area contributed by atoms with Crippen molar-refractivity contribution in [3.05, 3.63) is 44.9 Å². The van der Waals surface area contributed by atoms with Gasteiger partial charge in [0.2, 0.25) is 5.82 Å². The molecule has 2 aliphatic rings. The van der Waals surface area contributed by atoms with Gasteiger partial charge in [-0.1, -0.05) is 12.5 Å². The number of nitro groups is 1. The summed E-state index contributed by atoms with van der Waals surface area (Å²) in [7, 11) is 0. The average molecular weight is 328 g/mol. The maximum atomic E-state index is 12.5. The van der Waals surface area contributed by atoms with E-state index in [9.17, 15) is 14.9 Å². The lowest BCUT2D eigenvalue weighted by Gasteiger charge is -2.28. The van der Waals surface area contributed by atoms with Crippen LogP contribution in [0.25, 0.3) is 5.65 Å². The number of hydrogen-bond donors (Lipinski definition) is 1. The molecule has 0 saturated heterocycles. The summed E-state index contributed by atoms with van der Waals surface area (Å²) < 4.78 is 1.21. The molecule has 126 valence electrons. The number of pyridine rings is 1. The molecule has 0 amide bonds. The van der Waals surface area contributed by atoms with Crippen LogP contribution in [0.15, 0.2) is 29.2 Å². The van der Waals surface area contributed by atoms with Gasteiger partial charge in [0, 0.05) is 12.2 Å². The molecule has 2 bridgehead atoms. The van der Waals surface area contributed by atoms with Gasteiger partial charge in [-0.15, -0.1) is 0 Å². The number of anilines is 1. The van der Waals surface area contributed by atoms with Crippen LogP contribution in [0.2, 0.25) is 0 Å². The lowest BCUT2D eigenvalue weighted by Crippen LogP contribution is -2.32. The number of aromatic nitrogens is 2. The zero-order chi connectivity index (χ0) is 16.8. The van der Waals surface area contributed by atoms with Crippen LogP contribution >= 0.6 is 0 Å². The van der Waals surface area contributed by atoms with E-state index in [1.807, 2.05) is 6.92 Å². The molecule has 1 N–H and O–H groups in total. The van der Waals surface area contributed by atoms with E-state index in [2.05, 4.69) is 10.3 Å². The van der Waals surface area contributed by atoms with Crippen LogP contribution < -0.4 is 10.9 Å². The fourth-order valence-electron chi connectivity index (χ4n) is 4.57. The Morgan fingerprint density at radius 2 is 2.21 bits per heavy atom. The maximum absolute atomic E-state index is 12.5.